The first-order chi connectivity index (χ1) is 7.31. The Bertz CT molecular complexity index is 384. The highest BCUT2D eigenvalue weighted by Crippen LogP contribution is 2.32. The van der Waals surface area contributed by atoms with Crippen LogP contribution in [0.2, 0.25) is 0 Å². The molecule has 1 fully saturated rings. The predicted molar refractivity (Wildman–Crippen MR) is 58.7 cm³/mol. The van der Waals surface area contributed by atoms with Crippen LogP contribution in [0.3, 0.4) is 0 Å². The average molecular weight is 223 g/mol. The first kappa shape index (κ1) is 10.2. The molecule has 3 heteroatoms. The zero-order valence-electron chi connectivity index (χ0n) is 8.15. The van der Waals surface area contributed by atoms with Gasteiger partial charge in [-0.25, -0.2) is 4.79 Å². The second-order valence-electron chi connectivity index (χ2n) is 3.39. The molecule has 1 atom stereocenters. The third-order valence-electron chi connectivity index (χ3n) is 2.41. The van der Waals surface area contributed by atoms with Gasteiger partial charge in [-0.05, 0) is 5.56 Å². The molecule has 0 radical (unpaired) electrons. The Kier molecular flexibility index (Phi) is 3.07. The Hall–Kier alpha value is -1.28. The minimum atomic E-state index is -0.246. The van der Waals surface area contributed by atoms with Gasteiger partial charge in [0.25, 0.3) is 0 Å². The fraction of sp³-hybridized carbons (Fsp3) is 0.250. The van der Waals surface area contributed by atoms with E-state index in [2.05, 4.69) is 0 Å². The summed E-state index contributed by atoms with van der Waals surface area (Å²) in [5, 5.41) is 0. The molecule has 2 rings (SSSR count). The molecule has 1 saturated heterocycles. The number of hydrogen-bond acceptors (Lipinski definition) is 2. The third kappa shape index (κ3) is 2.21. The van der Waals surface area contributed by atoms with Crippen LogP contribution in [0.25, 0.3) is 0 Å². The SMILES string of the molecule is O=C1OC(c2ccccc2)CC1=CCCl. The number of rotatable bonds is 2. The molecule has 78 valence electrons. The first-order valence-electron chi connectivity index (χ1n) is 4.82. The van der Waals surface area contributed by atoms with Crippen LogP contribution in [0.1, 0.15) is 18.1 Å². The Balaban J connectivity index is 2.16. The van der Waals surface area contributed by atoms with E-state index in [1.165, 1.54) is 0 Å². The number of hydrogen-bond donors (Lipinski definition) is 0. The molecule has 0 aliphatic carbocycles. The van der Waals surface area contributed by atoms with Crippen LogP contribution < -0.4 is 0 Å². The van der Waals surface area contributed by atoms with E-state index < -0.39 is 0 Å². The van der Waals surface area contributed by atoms with Crippen molar-refractivity contribution in [1.82, 2.24) is 0 Å². The summed E-state index contributed by atoms with van der Waals surface area (Å²) in [6.45, 7) is 0. The lowest BCUT2D eigenvalue weighted by molar-refractivity contribution is -0.139. The van der Waals surface area contributed by atoms with E-state index in [0.717, 1.165) is 5.56 Å². The predicted octanol–water partition coefficient (Wildman–Crippen LogP) is 2.84. The molecular formula is C12H11ClO2. The number of alkyl halides is 1. The minimum Gasteiger partial charge on any atom is -0.454 e. The molecule has 0 N–H and O–H groups in total. The topological polar surface area (TPSA) is 26.3 Å². The summed E-state index contributed by atoms with van der Waals surface area (Å²) in [6.07, 6.45) is 2.19. The van der Waals surface area contributed by atoms with Crippen LogP contribution in [-0.2, 0) is 9.53 Å². The van der Waals surface area contributed by atoms with Gasteiger partial charge in [0.2, 0.25) is 0 Å². The number of esters is 1. The monoisotopic (exact) mass is 222 g/mol. The van der Waals surface area contributed by atoms with E-state index in [0.29, 0.717) is 17.9 Å². The van der Waals surface area contributed by atoms with Crippen molar-refractivity contribution in [3.63, 3.8) is 0 Å². The smallest absolute Gasteiger partial charge is 0.334 e. The molecule has 0 spiro atoms. The van der Waals surface area contributed by atoms with Gasteiger partial charge in [-0.2, -0.15) is 0 Å². The highest BCUT2D eigenvalue weighted by molar-refractivity contribution is 6.19. The van der Waals surface area contributed by atoms with Crippen LogP contribution in [-0.4, -0.2) is 11.8 Å². The standard InChI is InChI=1S/C12H11ClO2/c13-7-6-10-8-11(15-12(10)14)9-4-2-1-3-5-9/h1-6,11H,7-8H2. The lowest BCUT2D eigenvalue weighted by atomic mass is 10.0. The van der Waals surface area contributed by atoms with Crippen molar-refractivity contribution >= 4 is 17.6 Å². The molecule has 0 aromatic heterocycles. The molecule has 1 unspecified atom stereocenters. The largest absolute Gasteiger partial charge is 0.454 e. The van der Waals surface area contributed by atoms with Gasteiger partial charge in [0.05, 0.1) is 0 Å². The van der Waals surface area contributed by atoms with Gasteiger partial charge in [0, 0.05) is 17.9 Å². The van der Waals surface area contributed by atoms with Gasteiger partial charge in [-0.3, -0.25) is 0 Å². The molecule has 1 aromatic carbocycles. The summed E-state index contributed by atoms with van der Waals surface area (Å²) in [4.78, 5) is 11.4. The van der Waals surface area contributed by atoms with Crippen LogP contribution in [0, 0.1) is 0 Å². The maximum absolute atomic E-state index is 11.4. The number of halogens is 1. The van der Waals surface area contributed by atoms with Crippen LogP contribution in [0.5, 0.6) is 0 Å². The van der Waals surface area contributed by atoms with Gasteiger partial charge in [-0.1, -0.05) is 36.4 Å². The molecule has 1 heterocycles. The number of cyclic esters (lactones) is 1. The summed E-state index contributed by atoms with van der Waals surface area (Å²) >= 11 is 5.56. The molecule has 1 aromatic rings. The van der Waals surface area contributed by atoms with Crippen molar-refractivity contribution < 1.29 is 9.53 Å². The fourth-order valence-corrected chi connectivity index (χ4v) is 1.83. The second kappa shape index (κ2) is 4.49. The van der Waals surface area contributed by atoms with Gasteiger partial charge in [0.15, 0.2) is 0 Å². The van der Waals surface area contributed by atoms with E-state index in [1.54, 1.807) is 6.08 Å². The fourth-order valence-electron chi connectivity index (χ4n) is 1.64. The molecule has 0 saturated carbocycles. The van der Waals surface area contributed by atoms with Crippen LogP contribution in [0.15, 0.2) is 42.0 Å². The van der Waals surface area contributed by atoms with Crippen molar-refractivity contribution in [1.29, 1.82) is 0 Å². The highest BCUT2D eigenvalue weighted by atomic mass is 35.5. The summed E-state index contributed by atoms with van der Waals surface area (Å²) in [5.41, 5.74) is 1.71. The molecule has 15 heavy (non-hydrogen) atoms. The molecule has 0 bridgehead atoms. The zero-order chi connectivity index (χ0) is 10.7. The number of carbonyl (C=O) groups excluding carboxylic acids is 1. The summed E-state index contributed by atoms with van der Waals surface area (Å²) in [7, 11) is 0. The molecule has 2 nitrogen and oxygen atoms in total. The summed E-state index contributed by atoms with van der Waals surface area (Å²) in [5.74, 6) is 0.107. The van der Waals surface area contributed by atoms with Gasteiger partial charge in [-0.15, -0.1) is 11.6 Å². The van der Waals surface area contributed by atoms with Crippen molar-refractivity contribution in [2.75, 3.05) is 5.88 Å². The van der Waals surface area contributed by atoms with Gasteiger partial charge >= 0.3 is 5.97 Å². The maximum atomic E-state index is 11.4. The van der Waals surface area contributed by atoms with Crippen LogP contribution >= 0.6 is 11.6 Å². The van der Waals surface area contributed by atoms with Gasteiger partial charge < -0.3 is 4.74 Å². The number of ether oxygens (including phenoxy) is 1. The molecule has 0 amide bonds. The Labute approximate surface area is 93.5 Å². The number of carbonyl (C=O) groups is 1. The van der Waals surface area contributed by atoms with Crippen molar-refractivity contribution in [2.45, 2.75) is 12.5 Å². The first-order valence-corrected chi connectivity index (χ1v) is 5.35. The normalized spacial score (nSPS) is 23.1. The second-order valence-corrected chi connectivity index (χ2v) is 3.70. The van der Waals surface area contributed by atoms with Crippen LogP contribution in [0.4, 0.5) is 0 Å². The number of allylic oxidation sites excluding steroid dienone is 1. The Morgan fingerprint density at radius 1 is 1.40 bits per heavy atom. The molecule has 1 aliphatic rings. The average Bonchev–Trinajstić information content (AvgIpc) is 2.63. The van der Waals surface area contributed by atoms with E-state index in [1.807, 2.05) is 30.3 Å². The molecular weight excluding hydrogens is 212 g/mol. The number of benzene rings is 1. The van der Waals surface area contributed by atoms with E-state index in [4.69, 9.17) is 16.3 Å². The minimum absolute atomic E-state index is 0.145. The maximum Gasteiger partial charge on any atom is 0.334 e. The summed E-state index contributed by atoms with van der Waals surface area (Å²) < 4.78 is 5.25. The Morgan fingerprint density at radius 3 is 2.80 bits per heavy atom. The lowest BCUT2D eigenvalue weighted by Crippen LogP contribution is -1.98. The summed E-state index contributed by atoms with van der Waals surface area (Å²) in [6, 6.07) is 9.73. The third-order valence-corrected chi connectivity index (χ3v) is 2.57. The lowest BCUT2D eigenvalue weighted by Gasteiger charge is -2.07. The molecule has 1 aliphatic heterocycles. The van der Waals surface area contributed by atoms with E-state index in [9.17, 15) is 4.79 Å². The van der Waals surface area contributed by atoms with E-state index >= 15 is 0 Å². The highest BCUT2D eigenvalue weighted by Gasteiger charge is 2.29. The van der Waals surface area contributed by atoms with Crippen molar-refractivity contribution in [3.05, 3.63) is 47.5 Å². The van der Waals surface area contributed by atoms with E-state index in [-0.39, 0.29) is 12.1 Å². The van der Waals surface area contributed by atoms with Crippen molar-refractivity contribution in [3.8, 4) is 0 Å². The van der Waals surface area contributed by atoms with Crippen molar-refractivity contribution in [2.24, 2.45) is 0 Å². The van der Waals surface area contributed by atoms with Gasteiger partial charge in [0.1, 0.15) is 6.10 Å². The quantitative estimate of drug-likeness (QED) is 0.437. The zero-order valence-corrected chi connectivity index (χ0v) is 8.91. The Morgan fingerprint density at radius 2 is 2.13 bits per heavy atom.